The number of fused-ring (bicyclic) bond motifs is 3. The number of rotatable bonds is 4. The molecule has 0 amide bonds. The molecule has 0 fully saturated rings. The molecule has 5 nitrogen and oxygen atoms in total. The van der Waals surface area contributed by atoms with E-state index in [1.165, 1.54) is 0 Å². The lowest BCUT2D eigenvalue weighted by Crippen LogP contribution is -2.25. The van der Waals surface area contributed by atoms with Crippen molar-refractivity contribution in [2.45, 2.75) is 10.9 Å². The van der Waals surface area contributed by atoms with Gasteiger partial charge in [-0.2, -0.15) is 5.26 Å². The molecule has 128 valence electrons. The number of thioether (sulfide) groups is 1. The second-order valence-corrected chi connectivity index (χ2v) is 7.01. The number of nitrogens with one attached hydrogen (secondary N) is 1. The van der Waals surface area contributed by atoms with E-state index in [1.807, 2.05) is 30.3 Å². The molecule has 26 heavy (non-hydrogen) atoms. The summed E-state index contributed by atoms with van der Waals surface area (Å²) in [6.07, 6.45) is 0. The fraction of sp³-hybridized carbons (Fsp3) is 0.150. The van der Waals surface area contributed by atoms with Crippen LogP contribution >= 0.6 is 11.8 Å². The Morgan fingerprint density at radius 2 is 1.85 bits per heavy atom. The normalized spacial score (nSPS) is 19.0. The maximum Gasteiger partial charge on any atom is 0.225 e. The summed E-state index contributed by atoms with van der Waals surface area (Å²) in [4.78, 5) is 32.0. The number of carbonyl (C=O) groups excluding carboxylic acids is 2. The van der Waals surface area contributed by atoms with Crippen molar-refractivity contribution in [1.82, 2.24) is 5.48 Å². The Bertz CT molecular complexity index is 963. The van der Waals surface area contributed by atoms with E-state index in [9.17, 15) is 14.9 Å². The number of hydrogen-bond acceptors (Lipinski definition) is 6. The second kappa shape index (κ2) is 6.79. The minimum atomic E-state index is -1.41. The van der Waals surface area contributed by atoms with Crippen LogP contribution in [0, 0.1) is 17.2 Å². The Hall–Kier alpha value is -2.88. The quantitative estimate of drug-likeness (QED) is 0.665. The maximum atomic E-state index is 12.9. The summed E-state index contributed by atoms with van der Waals surface area (Å²) in [5.74, 6) is -1.85. The molecule has 0 aliphatic carbocycles. The van der Waals surface area contributed by atoms with Crippen LogP contribution in [-0.4, -0.2) is 17.3 Å². The van der Waals surface area contributed by atoms with Crippen LogP contribution in [0.5, 0.6) is 0 Å². The zero-order valence-electron chi connectivity index (χ0n) is 13.6. The molecular weight excluding hydrogens is 348 g/mol. The first-order chi connectivity index (χ1) is 12.7. The van der Waals surface area contributed by atoms with E-state index in [0.29, 0.717) is 11.3 Å². The number of ketones is 2. The lowest BCUT2D eigenvalue weighted by Gasteiger charge is -2.22. The van der Waals surface area contributed by atoms with E-state index in [1.54, 1.807) is 42.1 Å². The predicted molar refractivity (Wildman–Crippen MR) is 96.0 cm³/mol. The molecule has 0 saturated heterocycles. The third kappa shape index (κ3) is 2.71. The van der Waals surface area contributed by atoms with Crippen molar-refractivity contribution in [1.29, 1.82) is 5.26 Å². The van der Waals surface area contributed by atoms with Crippen molar-refractivity contribution >= 4 is 23.3 Å². The Labute approximate surface area is 154 Å². The highest BCUT2D eigenvalue weighted by atomic mass is 32.2. The highest BCUT2D eigenvalue weighted by Gasteiger charge is 2.40. The standard InChI is InChI=1S/C20H14N2O3S/c21-10-14(18(23)12-6-2-1-3-7-12)19(24)20-15-11-26-16-9-5-4-8-13(16)17(15)22-25-20/h1-9,14,17,22H,11H2. The smallest absolute Gasteiger partial charge is 0.225 e. The third-order valence-corrected chi connectivity index (χ3v) is 5.61. The largest absolute Gasteiger partial charge is 0.404 e. The average molecular weight is 362 g/mol. The van der Waals surface area contributed by atoms with Crippen molar-refractivity contribution in [3.63, 3.8) is 0 Å². The summed E-state index contributed by atoms with van der Waals surface area (Å²) in [5.41, 5.74) is 5.02. The Kier molecular flexibility index (Phi) is 4.33. The molecule has 1 N–H and O–H groups in total. The zero-order valence-corrected chi connectivity index (χ0v) is 14.5. The van der Waals surface area contributed by atoms with Gasteiger partial charge in [0.05, 0.1) is 12.1 Å². The van der Waals surface area contributed by atoms with E-state index in [2.05, 4.69) is 5.48 Å². The first kappa shape index (κ1) is 16.6. The number of nitriles is 1. The van der Waals surface area contributed by atoms with Gasteiger partial charge in [0.15, 0.2) is 17.5 Å². The zero-order chi connectivity index (χ0) is 18.1. The molecule has 2 aromatic carbocycles. The Morgan fingerprint density at radius 3 is 2.62 bits per heavy atom. The number of carbonyl (C=O) groups is 2. The molecule has 4 rings (SSSR count). The van der Waals surface area contributed by atoms with Gasteiger partial charge in [0.2, 0.25) is 5.78 Å². The Morgan fingerprint density at radius 1 is 1.12 bits per heavy atom. The molecule has 2 aliphatic heterocycles. The molecule has 0 radical (unpaired) electrons. The predicted octanol–water partition coefficient (Wildman–Crippen LogP) is 3.21. The van der Waals surface area contributed by atoms with Crippen LogP contribution in [0.4, 0.5) is 0 Å². The molecule has 2 atom stereocenters. The minimum absolute atomic E-state index is 0.0906. The van der Waals surface area contributed by atoms with E-state index in [4.69, 9.17) is 4.84 Å². The summed E-state index contributed by atoms with van der Waals surface area (Å²) in [7, 11) is 0. The van der Waals surface area contributed by atoms with Crippen LogP contribution in [-0.2, 0) is 9.63 Å². The highest BCUT2D eigenvalue weighted by Crippen LogP contribution is 2.43. The van der Waals surface area contributed by atoms with Crippen LogP contribution < -0.4 is 5.48 Å². The van der Waals surface area contributed by atoms with Gasteiger partial charge < -0.3 is 4.84 Å². The topological polar surface area (TPSA) is 79.2 Å². The van der Waals surface area contributed by atoms with Crippen molar-refractivity contribution < 1.29 is 14.4 Å². The lowest BCUT2D eigenvalue weighted by atomic mass is 9.91. The number of allylic oxidation sites excluding steroid dienone is 1. The molecule has 0 bridgehead atoms. The molecule has 2 heterocycles. The van der Waals surface area contributed by atoms with Gasteiger partial charge in [-0.15, -0.1) is 17.2 Å². The minimum Gasteiger partial charge on any atom is -0.404 e. The first-order valence-corrected chi connectivity index (χ1v) is 9.09. The van der Waals surface area contributed by atoms with Gasteiger partial charge in [0.1, 0.15) is 0 Å². The average Bonchev–Trinajstić information content (AvgIpc) is 3.13. The number of hydroxylamine groups is 1. The lowest BCUT2D eigenvalue weighted by molar-refractivity contribution is -0.120. The summed E-state index contributed by atoms with van der Waals surface area (Å²) in [6.45, 7) is 0. The number of nitrogens with zero attached hydrogens (tertiary/aromatic N) is 1. The Balaban J connectivity index is 1.66. The van der Waals surface area contributed by atoms with Gasteiger partial charge in [-0.3, -0.25) is 9.59 Å². The molecule has 2 aromatic rings. The number of hydrogen-bond donors (Lipinski definition) is 1. The van der Waals surface area contributed by atoms with Crippen molar-refractivity contribution in [2.24, 2.45) is 5.92 Å². The summed E-state index contributed by atoms with van der Waals surface area (Å²) in [5, 5.41) is 9.45. The molecular formula is C20H14N2O3S. The summed E-state index contributed by atoms with van der Waals surface area (Å²) >= 11 is 1.61. The molecule has 0 saturated carbocycles. The molecule has 0 spiro atoms. The first-order valence-electron chi connectivity index (χ1n) is 8.11. The van der Waals surface area contributed by atoms with E-state index >= 15 is 0 Å². The number of benzene rings is 2. The fourth-order valence-electron chi connectivity index (χ4n) is 3.14. The van der Waals surface area contributed by atoms with Crippen molar-refractivity contribution in [3.8, 4) is 6.07 Å². The summed E-state index contributed by atoms with van der Waals surface area (Å²) < 4.78 is 0. The van der Waals surface area contributed by atoms with Crippen LogP contribution in [0.1, 0.15) is 22.0 Å². The highest BCUT2D eigenvalue weighted by molar-refractivity contribution is 7.99. The van der Waals surface area contributed by atoms with Gasteiger partial charge in [-0.25, -0.2) is 0 Å². The fourth-order valence-corrected chi connectivity index (χ4v) is 4.27. The van der Waals surface area contributed by atoms with Gasteiger partial charge in [0, 0.05) is 21.8 Å². The monoisotopic (exact) mass is 362 g/mol. The number of Topliss-reactive ketones (excluding diaryl/α,β-unsaturated/α-hetero) is 2. The van der Waals surface area contributed by atoms with Gasteiger partial charge >= 0.3 is 0 Å². The van der Waals surface area contributed by atoms with Crippen LogP contribution in [0.15, 0.2) is 70.8 Å². The van der Waals surface area contributed by atoms with Crippen LogP contribution in [0.3, 0.4) is 0 Å². The van der Waals surface area contributed by atoms with E-state index in [-0.39, 0.29) is 11.8 Å². The third-order valence-electron chi connectivity index (χ3n) is 4.47. The van der Waals surface area contributed by atoms with E-state index < -0.39 is 17.5 Å². The second-order valence-electron chi connectivity index (χ2n) is 5.99. The molecule has 2 aliphatic rings. The van der Waals surface area contributed by atoms with E-state index in [0.717, 1.165) is 16.0 Å². The SMILES string of the molecule is N#CC(C(=O)C1=C2CSc3ccccc3C2NO1)C(=O)c1ccccc1. The van der Waals surface area contributed by atoms with Crippen LogP contribution in [0.2, 0.25) is 0 Å². The van der Waals surface area contributed by atoms with Crippen molar-refractivity contribution in [3.05, 3.63) is 77.1 Å². The van der Waals surface area contributed by atoms with Gasteiger partial charge in [-0.05, 0) is 11.6 Å². The maximum absolute atomic E-state index is 12.9. The molecule has 6 heteroatoms. The molecule has 2 unspecified atom stereocenters. The van der Waals surface area contributed by atoms with Crippen molar-refractivity contribution in [2.75, 3.05) is 5.75 Å². The molecule has 0 aromatic heterocycles. The summed E-state index contributed by atoms with van der Waals surface area (Å²) in [6, 6.07) is 17.9. The van der Waals surface area contributed by atoms with Gasteiger partial charge in [-0.1, -0.05) is 48.5 Å². The van der Waals surface area contributed by atoms with Gasteiger partial charge in [0.25, 0.3) is 0 Å². The van der Waals surface area contributed by atoms with Crippen LogP contribution in [0.25, 0.3) is 0 Å².